The summed E-state index contributed by atoms with van der Waals surface area (Å²) in [6.45, 7) is 4.72. The molecule has 5 heteroatoms. The molecule has 2 atom stereocenters. The van der Waals surface area contributed by atoms with E-state index in [0.29, 0.717) is 22.5 Å². The van der Waals surface area contributed by atoms with E-state index in [1.807, 2.05) is 30.0 Å². The van der Waals surface area contributed by atoms with Gasteiger partial charge in [0.15, 0.2) is 0 Å². The average Bonchev–Trinajstić information content (AvgIpc) is 2.88. The molecule has 0 radical (unpaired) electrons. The van der Waals surface area contributed by atoms with Crippen LogP contribution in [0.5, 0.6) is 0 Å². The Kier molecular flexibility index (Phi) is 4.95. The molecular formula is C15H20Cl2N2O. The van der Waals surface area contributed by atoms with Crippen molar-refractivity contribution in [3.8, 4) is 0 Å². The Labute approximate surface area is 131 Å². The van der Waals surface area contributed by atoms with Crippen molar-refractivity contribution in [2.75, 3.05) is 19.6 Å². The average molecular weight is 315 g/mol. The van der Waals surface area contributed by atoms with Crippen molar-refractivity contribution in [2.24, 2.45) is 5.92 Å². The first kappa shape index (κ1) is 15.6. The van der Waals surface area contributed by atoms with Gasteiger partial charge in [-0.2, -0.15) is 0 Å². The van der Waals surface area contributed by atoms with E-state index in [0.717, 1.165) is 31.6 Å². The molecule has 0 spiro atoms. The molecule has 1 amide bonds. The summed E-state index contributed by atoms with van der Waals surface area (Å²) in [4.78, 5) is 14.5. The quantitative estimate of drug-likeness (QED) is 0.864. The normalized spacial score (nSPS) is 25.0. The number of nitrogens with zero attached hydrogens (tertiary/aromatic N) is 1. The first-order chi connectivity index (χ1) is 9.16. The zero-order valence-corrected chi connectivity index (χ0v) is 13.1. The third-order valence-electron chi connectivity index (χ3n) is 4.37. The van der Waals surface area contributed by atoms with Gasteiger partial charge in [0.05, 0.1) is 10.6 Å². The first-order valence-corrected chi connectivity index (χ1v) is 7.32. The molecule has 1 aromatic rings. The number of hydrogen-bond donors (Lipinski definition) is 1. The van der Waals surface area contributed by atoms with E-state index in [1.54, 1.807) is 0 Å². The molecule has 0 saturated carbocycles. The summed E-state index contributed by atoms with van der Waals surface area (Å²) in [6, 6.07) is 6.28. The number of benzene rings is 1. The lowest BCUT2D eigenvalue weighted by Gasteiger charge is -2.35. The van der Waals surface area contributed by atoms with Crippen LogP contribution in [0.2, 0.25) is 5.02 Å². The van der Waals surface area contributed by atoms with Crippen LogP contribution in [0.3, 0.4) is 0 Å². The van der Waals surface area contributed by atoms with Gasteiger partial charge in [-0.1, -0.05) is 23.7 Å². The van der Waals surface area contributed by atoms with Crippen LogP contribution >= 0.6 is 24.0 Å². The minimum Gasteiger partial charge on any atom is -0.338 e. The highest BCUT2D eigenvalue weighted by Gasteiger charge is 2.34. The second-order valence-corrected chi connectivity index (χ2v) is 5.96. The number of aryl methyl sites for hydroxylation is 1. The molecule has 1 N–H and O–H groups in total. The lowest BCUT2D eigenvalue weighted by molar-refractivity contribution is 0.0662. The fraction of sp³-hybridized carbons (Fsp3) is 0.533. The lowest BCUT2D eigenvalue weighted by atomic mass is 9.93. The topological polar surface area (TPSA) is 32.3 Å². The minimum atomic E-state index is 0. The molecule has 2 heterocycles. The number of likely N-dealkylation sites (tertiary alicyclic amines) is 1. The maximum Gasteiger partial charge on any atom is 0.255 e. The molecule has 2 fully saturated rings. The van der Waals surface area contributed by atoms with E-state index in [1.165, 1.54) is 6.42 Å². The molecule has 0 aliphatic carbocycles. The number of fused-ring (bicyclic) bond motifs is 1. The van der Waals surface area contributed by atoms with Crippen LogP contribution < -0.4 is 5.32 Å². The molecule has 110 valence electrons. The molecule has 2 aliphatic rings. The van der Waals surface area contributed by atoms with E-state index in [2.05, 4.69) is 5.32 Å². The maximum absolute atomic E-state index is 12.6. The van der Waals surface area contributed by atoms with Gasteiger partial charge in [0, 0.05) is 19.1 Å². The van der Waals surface area contributed by atoms with Crippen LogP contribution in [-0.2, 0) is 0 Å². The molecule has 0 bridgehead atoms. The Morgan fingerprint density at radius 3 is 3.00 bits per heavy atom. The first-order valence-electron chi connectivity index (χ1n) is 6.94. The highest BCUT2D eigenvalue weighted by atomic mass is 35.5. The Bertz CT molecular complexity index is 507. The second kappa shape index (κ2) is 6.33. The van der Waals surface area contributed by atoms with Gasteiger partial charge in [-0.25, -0.2) is 0 Å². The molecule has 3 rings (SSSR count). The van der Waals surface area contributed by atoms with Crippen molar-refractivity contribution in [3.63, 3.8) is 0 Å². The molecular weight excluding hydrogens is 295 g/mol. The molecule has 2 saturated heterocycles. The number of piperidine rings is 1. The van der Waals surface area contributed by atoms with E-state index < -0.39 is 0 Å². The molecule has 2 aliphatic heterocycles. The largest absolute Gasteiger partial charge is 0.338 e. The molecule has 20 heavy (non-hydrogen) atoms. The maximum atomic E-state index is 12.6. The molecule has 0 aromatic heterocycles. The van der Waals surface area contributed by atoms with Crippen molar-refractivity contribution >= 4 is 29.9 Å². The molecule has 3 nitrogen and oxygen atoms in total. The van der Waals surface area contributed by atoms with E-state index in [4.69, 9.17) is 11.6 Å². The fourth-order valence-electron chi connectivity index (χ4n) is 3.21. The van der Waals surface area contributed by atoms with Gasteiger partial charge in [-0.3, -0.25) is 4.79 Å². The van der Waals surface area contributed by atoms with Gasteiger partial charge in [-0.05, 0) is 43.9 Å². The van der Waals surface area contributed by atoms with E-state index in [-0.39, 0.29) is 18.3 Å². The standard InChI is InChI=1S/C15H19ClN2O.ClH/c1-10-3-2-4-12(14(10)16)15(19)18-8-6-13-11(9-18)5-7-17-13;/h2-4,11,13,17H,5-9H2,1H3;1H. The van der Waals surface area contributed by atoms with Crippen LogP contribution in [0.1, 0.15) is 28.8 Å². The van der Waals surface area contributed by atoms with Gasteiger partial charge in [0.1, 0.15) is 0 Å². The third kappa shape index (κ3) is 2.80. The van der Waals surface area contributed by atoms with Crippen LogP contribution in [0.25, 0.3) is 0 Å². The summed E-state index contributed by atoms with van der Waals surface area (Å²) in [6.07, 6.45) is 2.23. The smallest absolute Gasteiger partial charge is 0.255 e. The van der Waals surface area contributed by atoms with Crippen molar-refractivity contribution in [2.45, 2.75) is 25.8 Å². The van der Waals surface area contributed by atoms with E-state index >= 15 is 0 Å². The van der Waals surface area contributed by atoms with Crippen LogP contribution in [0, 0.1) is 12.8 Å². The Morgan fingerprint density at radius 2 is 2.20 bits per heavy atom. The van der Waals surface area contributed by atoms with Gasteiger partial charge in [-0.15, -0.1) is 12.4 Å². The Balaban J connectivity index is 0.00000147. The second-order valence-electron chi connectivity index (χ2n) is 5.59. The summed E-state index contributed by atoms with van der Waals surface area (Å²) < 4.78 is 0. The highest BCUT2D eigenvalue weighted by molar-refractivity contribution is 6.34. The summed E-state index contributed by atoms with van der Waals surface area (Å²) >= 11 is 6.26. The predicted octanol–water partition coefficient (Wildman–Crippen LogP) is 2.89. The summed E-state index contributed by atoms with van der Waals surface area (Å²) in [5.74, 6) is 0.695. The van der Waals surface area contributed by atoms with E-state index in [9.17, 15) is 4.79 Å². The monoisotopic (exact) mass is 314 g/mol. The number of amides is 1. The molecule has 1 aromatic carbocycles. The SMILES string of the molecule is Cc1cccc(C(=O)N2CCC3NCCC3C2)c1Cl.Cl. The number of nitrogens with one attached hydrogen (secondary N) is 1. The number of hydrogen-bond acceptors (Lipinski definition) is 2. The summed E-state index contributed by atoms with van der Waals surface area (Å²) in [7, 11) is 0. The van der Waals surface area contributed by atoms with Gasteiger partial charge in [0.2, 0.25) is 0 Å². The van der Waals surface area contributed by atoms with Crippen molar-refractivity contribution < 1.29 is 4.79 Å². The number of halogens is 2. The summed E-state index contributed by atoms with van der Waals surface area (Å²) in [5.41, 5.74) is 1.61. The Hall–Kier alpha value is -0.770. The van der Waals surface area contributed by atoms with Crippen LogP contribution in [0.15, 0.2) is 18.2 Å². The summed E-state index contributed by atoms with van der Waals surface area (Å²) in [5, 5.41) is 4.11. The highest BCUT2D eigenvalue weighted by Crippen LogP contribution is 2.27. The number of carbonyl (C=O) groups is 1. The number of rotatable bonds is 1. The van der Waals surface area contributed by atoms with Gasteiger partial charge < -0.3 is 10.2 Å². The Morgan fingerprint density at radius 1 is 1.40 bits per heavy atom. The minimum absolute atomic E-state index is 0. The molecule has 2 unspecified atom stereocenters. The van der Waals surface area contributed by atoms with Crippen LogP contribution in [0.4, 0.5) is 0 Å². The fourth-order valence-corrected chi connectivity index (χ4v) is 3.42. The van der Waals surface area contributed by atoms with Crippen molar-refractivity contribution in [3.05, 3.63) is 34.3 Å². The van der Waals surface area contributed by atoms with Gasteiger partial charge in [0.25, 0.3) is 5.91 Å². The third-order valence-corrected chi connectivity index (χ3v) is 4.87. The van der Waals surface area contributed by atoms with Crippen LogP contribution in [-0.4, -0.2) is 36.5 Å². The zero-order valence-electron chi connectivity index (χ0n) is 11.6. The number of carbonyl (C=O) groups excluding carboxylic acids is 1. The lowest BCUT2D eigenvalue weighted by Crippen LogP contribution is -2.46. The van der Waals surface area contributed by atoms with Crippen molar-refractivity contribution in [1.82, 2.24) is 10.2 Å². The zero-order chi connectivity index (χ0) is 13.4. The van der Waals surface area contributed by atoms with Gasteiger partial charge >= 0.3 is 0 Å². The predicted molar refractivity (Wildman–Crippen MR) is 83.9 cm³/mol. The van der Waals surface area contributed by atoms with Crippen molar-refractivity contribution in [1.29, 1.82) is 0 Å².